The molecule has 0 saturated carbocycles. The van der Waals surface area contributed by atoms with Crippen molar-refractivity contribution in [2.75, 3.05) is 0 Å². The highest BCUT2D eigenvalue weighted by atomic mass is 16.3. The van der Waals surface area contributed by atoms with Gasteiger partial charge in [0.2, 0.25) is 0 Å². The fourth-order valence-electron chi connectivity index (χ4n) is 6.46. The number of rotatable bonds is 8. The molecule has 0 fully saturated rings. The molecule has 5 nitrogen and oxygen atoms in total. The summed E-state index contributed by atoms with van der Waals surface area (Å²) in [6, 6.07) is 31.3. The van der Waals surface area contributed by atoms with Gasteiger partial charge in [-0.2, -0.15) is 0 Å². The number of aromatic hydroxyl groups is 2. The maximum Gasteiger partial charge on any atom is 0.193 e. The van der Waals surface area contributed by atoms with Crippen LogP contribution in [0, 0.1) is 0 Å². The van der Waals surface area contributed by atoms with E-state index in [-0.39, 0.29) is 38.9 Å². The molecule has 0 saturated heterocycles. The summed E-state index contributed by atoms with van der Waals surface area (Å²) in [5, 5.41) is 22.4. The molecule has 0 aromatic heterocycles. The van der Waals surface area contributed by atoms with Gasteiger partial charge in [0.25, 0.3) is 0 Å². The van der Waals surface area contributed by atoms with Crippen LogP contribution in [0.15, 0.2) is 107 Å². The molecule has 0 aliphatic carbocycles. The number of hydrogen-bond donors (Lipinski definition) is 2. The number of benzene rings is 5. The number of ketones is 1. The van der Waals surface area contributed by atoms with Crippen LogP contribution in [0.5, 0.6) is 11.5 Å². The second-order valence-corrected chi connectivity index (χ2v) is 18.9. The minimum absolute atomic E-state index is 0.0723. The smallest absolute Gasteiger partial charge is 0.193 e. The molecule has 0 spiro atoms. The SMILES string of the molecule is CC(C)(C)c1cc(C=Nc2cccc(Cc3ccc(C(=O)c4cccc(N=Cc5cc(C(C)(C)C)cc(C(C)(C)C)c5O)c4)cc3)c2)c(O)c(C(C)(C)C)c1. The summed E-state index contributed by atoms with van der Waals surface area (Å²) >= 11 is 0. The van der Waals surface area contributed by atoms with Crippen LogP contribution < -0.4 is 0 Å². The zero-order chi connectivity index (χ0) is 40.5. The van der Waals surface area contributed by atoms with Crippen LogP contribution in [0.1, 0.15) is 144 Å². The minimum atomic E-state index is -0.240. The van der Waals surface area contributed by atoms with Gasteiger partial charge in [0.15, 0.2) is 5.78 Å². The lowest BCUT2D eigenvalue weighted by molar-refractivity contribution is 0.103. The van der Waals surface area contributed by atoms with Gasteiger partial charge in [-0.1, -0.05) is 144 Å². The van der Waals surface area contributed by atoms with Crippen molar-refractivity contribution in [2.45, 2.75) is 111 Å². The lowest BCUT2D eigenvalue weighted by atomic mass is 9.79. The molecule has 5 aromatic carbocycles. The van der Waals surface area contributed by atoms with Gasteiger partial charge >= 0.3 is 0 Å². The summed E-state index contributed by atoms with van der Waals surface area (Å²) in [5.41, 5.74) is 9.56. The van der Waals surface area contributed by atoms with Crippen molar-refractivity contribution in [1.82, 2.24) is 0 Å². The van der Waals surface area contributed by atoms with E-state index in [2.05, 4.69) is 107 Å². The maximum atomic E-state index is 13.6. The first-order valence-electron chi connectivity index (χ1n) is 19.2. The molecular formula is C50H58N2O3. The van der Waals surface area contributed by atoms with Crippen LogP contribution in [-0.4, -0.2) is 28.4 Å². The van der Waals surface area contributed by atoms with Crippen molar-refractivity contribution in [2.24, 2.45) is 9.98 Å². The highest BCUT2D eigenvalue weighted by molar-refractivity contribution is 6.09. The van der Waals surface area contributed by atoms with Gasteiger partial charge in [0.05, 0.1) is 11.4 Å². The van der Waals surface area contributed by atoms with E-state index in [0.717, 1.165) is 39.1 Å². The summed E-state index contributed by atoms with van der Waals surface area (Å²) in [6.07, 6.45) is 4.13. The number of phenolic OH excluding ortho intramolecular Hbond substituents is 2. The molecule has 0 aliphatic rings. The van der Waals surface area contributed by atoms with Crippen LogP contribution in [-0.2, 0) is 28.1 Å². The third-order valence-electron chi connectivity index (χ3n) is 9.98. The third kappa shape index (κ3) is 10.1. The van der Waals surface area contributed by atoms with Crippen molar-refractivity contribution >= 4 is 29.6 Å². The molecule has 55 heavy (non-hydrogen) atoms. The first kappa shape index (κ1) is 40.9. The zero-order valence-corrected chi connectivity index (χ0v) is 34.8. The van der Waals surface area contributed by atoms with E-state index in [9.17, 15) is 15.0 Å². The third-order valence-corrected chi connectivity index (χ3v) is 9.98. The molecule has 5 aromatic rings. The Hall–Kier alpha value is -5.29. The van der Waals surface area contributed by atoms with Crippen molar-refractivity contribution in [3.8, 4) is 11.5 Å². The van der Waals surface area contributed by atoms with E-state index >= 15 is 0 Å². The van der Waals surface area contributed by atoms with Crippen LogP contribution >= 0.6 is 0 Å². The molecule has 0 heterocycles. The van der Waals surface area contributed by atoms with Crippen molar-refractivity contribution < 1.29 is 15.0 Å². The Labute approximate surface area is 328 Å². The molecule has 0 amide bonds. The van der Waals surface area contributed by atoms with Gasteiger partial charge in [-0.25, -0.2) is 0 Å². The predicted octanol–water partition coefficient (Wildman–Crippen LogP) is 12.6. The predicted molar refractivity (Wildman–Crippen MR) is 231 cm³/mol. The lowest BCUT2D eigenvalue weighted by Crippen LogP contribution is -2.17. The number of hydrogen-bond acceptors (Lipinski definition) is 5. The van der Waals surface area contributed by atoms with Crippen molar-refractivity contribution in [3.05, 3.63) is 153 Å². The van der Waals surface area contributed by atoms with Gasteiger partial charge in [0, 0.05) is 45.8 Å². The normalized spacial score (nSPS) is 12.9. The molecular weight excluding hydrogens is 677 g/mol. The average molecular weight is 735 g/mol. The van der Waals surface area contributed by atoms with Crippen LogP contribution in [0.3, 0.4) is 0 Å². The molecule has 0 bridgehead atoms. The summed E-state index contributed by atoms with van der Waals surface area (Å²) < 4.78 is 0. The largest absolute Gasteiger partial charge is 0.507 e. The molecule has 0 unspecified atom stereocenters. The standard InChI is InChI=1S/C50H58N2O3/c1-47(2,3)38-25-36(45(54)42(28-38)49(7,8)9)30-51-40-17-13-15-33(24-40)23-32-19-21-34(22-20-32)44(53)35-16-14-18-41(27-35)52-31-37-26-39(48(4,5)6)29-43(46(37)55)50(10,11)12/h13-22,24-31,54-55H,23H2,1-12H3. The average Bonchev–Trinajstić information content (AvgIpc) is 3.09. The number of carbonyl (C=O) groups is 1. The molecule has 0 aliphatic heterocycles. The summed E-state index contributed by atoms with van der Waals surface area (Å²) in [5.74, 6) is 0.417. The van der Waals surface area contributed by atoms with Crippen molar-refractivity contribution in [1.29, 1.82) is 0 Å². The first-order valence-corrected chi connectivity index (χ1v) is 19.2. The fraction of sp³-hybridized carbons (Fsp3) is 0.340. The van der Waals surface area contributed by atoms with Crippen LogP contribution in [0.4, 0.5) is 11.4 Å². The monoisotopic (exact) mass is 734 g/mol. The van der Waals surface area contributed by atoms with Crippen LogP contribution in [0.2, 0.25) is 0 Å². The highest BCUT2D eigenvalue weighted by Crippen LogP contribution is 2.39. The maximum absolute atomic E-state index is 13.6. The Balaban J connectivity index is 1.32. The Kier molecular flexibility index (Phi) is 11.5. The first-order chi connectivity index (χ1) is 25.5. The quantitative estimate of drug-likeness (QED) is 0.123. The van der Waals surface area contributed by atoms with Gasteiger partial charge in [-0.05, 0) is 86.7 Å². The lowest BCUT2D eigenvalue weighted by Gasteiger charge is -2.27. The second-order valence-electron chi connectivity index (χ2n) is 18.9. The molecule has 0 atom stereocenters. The zero-order valence-electron chi connectivity index (χ0n) is 34.8. The van der Waals surface area contributed by atoms with Gasteiger partial charge in [-0.3, -0.25) is 14.8 Å². The van der Waals surface area contributed by atoms with E-state index in [1.54, 1.807) is 24.6 Å². The summed E-state index contributed by atoms with van der Waals surface area (Å²) in [7, 11) is 0. The summed E-state index contributed by atoms with van der Waals surface area (Å²) in [4.78, 5) is 23.1. The number of phenols is 2. The molecule has 5 heteroatoms. The fourth-order valence-corrected chi connectivity index (χ4v) is 6.46. The Bertz CT molecular complexity index is 2250. The van der Waals surface area contributed by atoms with Gasteiger partial charge in [0.1, 0.15) is 11.5 Å². The van der Waals surface area contributed by atoms with E-state index < -0.39 is 0 Å². The number of carbonyl (C=O) groups excluding carboxylic acids is 1. The van der Waals surface area contributed by atoms with Gasteiger partial charge in [-0.15, -0.1) is 0 Å². The van der Waals surface area contributed by atoms with E-state index in [4.69, 9.17) is 9.98 Å². The topological polar surface area (TPSA) is 82.2 Å². The van der Waals surface area contributed by atoms with Gasteiger partial charge < -0.3 is 10.2 Å². The van der Waals surface area contributed by atoms with E-state index in [1.807, 2.05) is 60.7 Å². The Morgan fingerprint density at radius 3 is 1.42 bits per heavy atom. The van der Waals surface area contributed by atoms with E-state index in [1.165, 1.54) is 0 Å². The Morgan fingerprint density at radius 2 is 0.964 bits per heavy atom. The highest BCUT2D eigenvalue weighted by Gasteiger charge is 2.26. The second kappa shape index (κ2) is 15.5. The van der Waals surface area contributed by atoms with Crippen LogP contribution in [0.25, 0.3) is 0 Å². The number of nitrogens with zero attached hydrogens (tertiary/aromatic N) is 2. The molecule has 2 N–H and O–H groups in total. The number of aliphatic imine (C=N–C) groups is 2. The molecule has 0 radical (unpaired) electrons. The van der Waals surface area contributed by atoms with Crippen molar-refractivity contribution in [3.63, 3.8) is 0 Å². The summed E-state index contributed by atoms with van der Waals surface area (Å²) in [6.45, 7) is 25.6. The Morgan fingerprint density at radius 1 is 0.509 bits per heavy atom. The molecule has 5 rings (SSSR count). The van der Waals surface area contributed by atoms with E-state index in [0.29, 0.717) is 34.4 Å². The molecule has 286 valence electrons. The minimum Gasteiger partial charge on any atom is -0.507 e.